The number of nitro benzene ring substituents is 1. The predicted molar refractivity (Wildman–Crippen MR) is 180 cm³/mol. The van der Waals surface area contributed by atoms with Gasteiger partial charge in [-0.1, -0.05) is 6.07 Å². The summed E-state index contributed by atoms with van der Waals surface area (Å²) in [5.41, 5.74) is 5.27. The Morgan fingerprint density at radius 1 is 0.898 bits per heavy atom. The average molecular weight is 667 g/mol. The third-order valence-corrected chi connectivity index (χ3v) is 7.20. The number of furan rings is 1. The number of hydrazone groups is 1. The first-order valence-electron chi connectivity index (χ1n) is 15.4. The average Bonchev–Trinajstić information content (AvgIpc) is 3.71. The minimum Gasteiger partial charge on any atom is -0.490 e. The molecule has 49 heavy (non-hydrogen) atoms. The summed E-state index contributed by atoms with van der Waals surface area (Å²) < 4.78 is 30.2. The SMILES string of the molecule is CCOc1ccc(C(=O)Oc2c(/C=N/NC(=O)c3ccc(COc4ccc(-n5c(C)ccc5C)cc4)o3)cccc2[N+](=O)[O-])cc1OCC. The summed E-state index contributed by atoms with van der Waals surface area (Å²) in [6.45, 7) is 8.48. The normalized spacial score (nSPS) is 10.9. The van der Waals surface area contributed by atoms with Crippen LogP contribution in [-0.4, -0.2) is 40.8 Å². The predicted octanol–water partition coefficient (Wildman–Crippen LogP) is 6.95. The number of esters is 1. The monoisotopic (exact) mass is 666 g/mol. The van der Waals surface area contributed by atoms with Gasteiger partial charge >= 0.3 is 17.6 Å². The molecule has 0 radical (unpaired) electrons. The largest absolute Gasteiger partial charge is 0.490 e. The molecule has 0 unspecified atom stereocenters. The van der Waals surface area contributed by atoms with Gasteiger partial charge in [0, 0.05) is 28.7 Å². The Balaban J connectivity index is 1.23. The van der Waals surface area contributed by atoms with Gasteiger partial charge in [0.25, 0.3) is 0 Å². The van der Waals surface area contributed by atoms with Crippen LogP contribution in [0.2, 0.25) is 0 Å². The summed E-state index contributed by atoms with van der Waals surface area (Å²) >= 11 is 0. The Morgan fingerprint density at radius 2 is 1.61 bits per heavy atom. The number of para-hydroxylation sites is 1. The number of nitro groups is 1. The van der Waals surface area contributed by atoms with E-state index in [1.54, 1.807) is 19.1 Å². The van der Waals surface area contributed by atoms with Crippen molar-refractivity contribution in [1.29, 1.82) is 0 Å². The first kappa shape index (κ1) is 34.0. The number of aromatic nitrogens is 1. The van der Waals surface area contributed by atoms with Crippen LogP contribution in [0.25, 0.3) is 5.69 Å². The van der Waals surface area contributed by atoms with Gasteiger partial charge in [0.15, 0.2) is 17.3 Å². The molecule has 0 bridgehead atoms. The van der Waals surface area contributed by atoms with Gasteiger partial charge in [0.1, 0.15) is 18.1 Å². The number of carbonyl (C=O) groups excluding carboxylic acids is 2. The number of nitrogens with zero attached hydrogens (tertiary/aromatic N) is 3. The van der Waals surface area contributed by atoms with E-state index in [9.17, 15) is 19.7 Å². The molecule has 252 valence electrons. The maximum Gasteiger partial charge on any atom is 0.343 e. The smallest absolute Gasteiger partial charge is 0.343 e. The van der Waals surface area contributed by atoms with E-state index >= 15 is 0 Å². The lowest BCUT2D eigenvalue weighted by Gasteiger charge is -2.12. The van der Waals surface area contributed by atoms with Crippen LogP contribution >= 0.6 is 0 Å². The third kappa shape index (κ3) is 8.14. The lowest BCUT2D eigenvalue weighted by atomic mass is 10.1. The molecule has 3 aromatic carbocycles. The second kappa shape index (κ2) is 15.5. The van der Waals surface area contributed by atoms with Gasteiger partial charge in [-0.05, 0) is 100 Å². The highest BCUT2D eigenvalue weighted by atomic mass is 16.6. The summed E-state index contributed by atoms with van der Waals surface area (Å²) in [5.74, 6) is -0.132. The summed E-state index contributed by atoms with van der Waals surface area (Å²) in [5, 5.41) is 15.7. The van der Waals surface area contributed by atoms with E-state index in [0.717, 1.165) is 23.3 Å². The van der Waals surface area contributed by atoms with Gasteiger partial charge in [0.2, 0.25) is 5.75 Å². The Labute approximate surface area is 281 Å². The van der Waals surface area contributed by atoms with Crippen LogP contribution in [-0.2, 0) is 6.61 Å². The van der Waals surface area contributed by atoms with Gasteiger partial charge in [0.05, 0.1) is 29.9 Å². The number of nitrogens with one attached hydrogen (secondary N) is 1. The van der Waals surface area contributed by atoms with Gasteiger partial charge in [-0.3, -0.25) is 14.9 Å². The highest BCUT2D eigenvalue weighted by Gasteiger charge is 2.23. The van der Waals surface area contributed by atoms with E-state index in [1.807, 2.05) is 45.0 Å². The van der Waals surface area contributed by atoms with Crippen molar-refractivity contribution in [3.05, 3.63) is 129 Å². The van der Waals surface area contributed by atoms with Gasteiger partial charge in [-0.25, -0.2) is 10.2 Å². The number of rotatable bonds is 14. The van der Waals surface area contributed by atoms with Crippen LogP contribution in [0.1, 0.15) is 57.5 Å². The minimum atomic E-state index is -0.871. The standard InChI is InChI=1S/C36H34N4O9/c1-5-45-31-18-12-25(20-33(31)46-6-2)36(42)49-34-26(8-7-9-30(34)40(43)44)21-37-38-35(41)32-19-17-29(48-32)22-47-28-15-13-27(14-16-28)39-23(3)10-11-24(39)4/h7-21H,5-6,22H2,1-4H3,(H,38,41)/b37-21+. The number of hydrogen-bond donors (Lipinski definition) is 1. The molecule has 0 spiro atoms. The Bertz CT molecular complexity index is 1970. The molecule has 1 amide bonds. The molecule has 2 aromatic heterocycles. The van der Waals surface area contributed by atoms with Crippen LogP contribution in [0, 0.1) is 24.0 Å². The second-order valence-corrected chi connectivity index (χ2v) is 10.6. The van der Waals surface area contributed by atoms with Crippen molar-refractivity contribution >= 4 is 23.8 Å². The molecule has 0 saturated carbocycles. The van der Waals surface area contributed by atoms with Crippen molar-refractivity contribution in [2.24, 2.45) is 5.10 Å². The van der Waals surface area contributed by atoms with Crippen LogP contribution in [0.15, 0.2) is 94.4 Å². The first-order valence-corrected chi connectivity index (χ1v) is 15.4. The summed E-state index contributed by atoms with van der Waals surface area (Å²) in [6.07, 6.45) is 1.13. The maximum atomic E-state index is 13.1. The zero-order chi connectivity index (χ0) is 34.9. The van der Waals surface area contributed by atoms with Crippen molar-refractivity contribution in [1.82, 2.24) is 9.99 Å². The number of benzene rings is 3. The van der Waals surface area contributed by atoms with E-state index in [4.69, 9.17) is 23.4 Å². The number of aryl methyl sites for hydroxylation is 2. The van der Waals surface area contributed by atoms with Crippen molar-refractivity contribution in [3.63, 3.8) is 0 Å². The van der Waals surface area contributed by atoms with Crippen LogP contribution in [0.5, 0.6) is 23.0 Å². The van der Waals surface area contributed by atoms with E-state index in [2.05, 4.69) is 27.2 Å². The Kier molecular flexibility index (Phi) is 10.7. The fourth-order valence-electron chi connectivity index (χ4n) is 4.94. The molecular weight excluding hydrogens is 632 g/mol. The number of ether oxygens (including phenoxy) is 4. The fourth-order valence-corrected chi connectivity index (χ4v) is 4.94. The lowest BCUT2D eigenvalue weighted by Crippen LogP contribution is -2.17. The Morgan fingerprint density at radius 3 is 2.31 bits per heavy atom. The highest BCUT2D eigenvalue weighted by molar-refractivity contribution is 5.96. The van der Waals surface area contributed by atoms with E-state index < -0.39 is 22.5 Å². The van der Waals surface area contributed by atoms with Crippen molar-refractivity contribution in [2.75, 3.05) is 13.2 Å². The molecule has 1 N–H and O–H groups in total. The molecule has 0 atom stereocenters. The second-order valence-electron chi connectivity index (χ2n) is 10.6. The first-order chi connectivity index (χ1) is 23.7. The molecule has 0 aliphatic heterocycles. The van der Waals surface area contributed by atoms with Gasteiger partial charge in [-0.15, -0.1) is 0 Å². The summed E-state index contributed by atoms with van der Waals surface area (Å²) in [7, 11) is 0. The molecule has 2 heterocycles. The molecule has 13 nitrogen and oxygen atoms in total. The topological polar surface area (TPSA) is 157 Å². The molecule has 0 aliphatic carbocycles. The fraction of sp³-hybridized carbons (Fsp3) is 0.194. The maximum absolute atomic E-state index is 13.1. The van der Waals surface area contributed by atoms with Gasteiger partial charge < -0.3 is 27.9 Å². The van der Waals surface area contributed by atoms with Crippen LogP contribution in [0.3, 0.4) is 0 Å². The number of hydrogen-bond acceptors (Lipinski definition) is 10. The number of amides is 1. The molecule has 0 fully saturated rings. The van der Waals surface area contributed by atoms with Crippen LogP contribution < -0.4 is 24.4 Å². The van der Waals surface area contributed by atoms with Crippen molar-refractivity contribution < 1.29 is 37.9 Å². The molecule has 5 rings (SSSR count). The van der Waals surface area contributed by atoms with Crippen molar-refractivity contribution in [3.8, 4) is 28.7 Å². The molecule has 0 aliphatic rings. The van der Waals surface area contributed by atoms with E-state index in [0.29, 0.717) is 36.2 Å². The molecule has 13 heteroatoms. The quantitative estimate of drug-likeness (QED) is 0.0435. The zero-order valence-electron chi connectivity index (χ0n) is 27.3. The van der Waals surface area contributed by atoms with E-state index in [-0.39, 0.29) is 29.2 Å². The van der Waals surface area contributed by atoms with Crippen LogP contribution in [0.4, 0.5) is 5.69 Å². The molecular formula is C36H34N4O9. The van der Waals surface area contributed by atoms with E-state index in [1.165, 1.54) is 36.4 Å². The molecule has 5 aromatic rings. The highest BCUT2D eigenvalue weighted by Crippen LogP contribution is 2.33. The summed E-state index contributed by atoms with van der Waals surface area (Å²) in [4.78, 5) is 36.9. The lowest BCUT2D eigenvalue weighted by molar-refractivity contribution is -0.385. The summed E-state index contributed by atoms with van der Waals surface area (Å²) in [6, 6.07) is 23.3. The Hall–Kier alpha value is -6.37. The van der Waals surface area contributed by atoms with Crippen molar-refractivity contribution in [2.45, 2.75) is 34.3 Å². The number of carbonyl (C=O) groups is 2. The molecule has 0 saturated heterocycles. The van der Waals surface area contributed by atoms with Gasteiger partial charge in [-0.2, -0.15) is 5.10 Å². The minimum absolute atomic E-state index is 0.0315. The zero-order valence-corrected chi connectivity index (χ0v) is 27.3. The third-order valence-electron chi connectivity index (χ3n) is 7.20.